The lowest BCUT2D eigenvalue weighted by Crippen LogP contribution is -2.25. The number of nitrogen functional groups attached to an aromatic ring is 1. The van der Waals surface area contributed by atoms with Crippen LogP contribution in [0.1, 0.15) is 51.5 Å². The van der Waals surface area contributed by atoms with Crippen LogP contribution in [0.3, 0.4) is 0 Å². The molecule has 10 nitrogen and oxygen atoms in total. The number of hydrogen-bond donors (Lipinski definition) is 3. The molecule has 0 bridgehead atoms. The van der Waals surface area contributed by atoms with Crippen LogP contribution in [0.25, 0.3) is 11.2 Å². The minimum absolute atomic E-state index is 0.135. The maximum Gasteiger partial charge on any atom is 0.327 e. The summed E-state index contributed by atoms with van der Waals surface area (Å²) in [6, 6.07) is 6.90. The molecule has 0 unspecified atom stereocenters. The Bertz CT molecular complexity index is 1230. The standard InChI is InChI=1S/C23H32N6O4S/c1-3-5-9-17-10-12-18(13-11-17)34(31,32)25-14-7-8-15-29-21-19(26-23(29)30)20(24)27-22(28-21)33-16-6-4-2/h3,9-13,25H,4-8,14-16H2,1-2H3,(H,26,30)(H2,24,27,28). The van der Waals surface area contributed by atoms with Gasteiger partial charge >= 0.3 is 11.7 Å². The SMILES string of the molecule is C[CH]C[CH]c1ccc(S(=O)(=O)NCCCCn2c(=O)[nH]c3c(N)nc(OCCCC)nc32)cc1. The number of nitrogens with one attached hydrogen (secondary N) is 2. The molecule has 0 spiro atoms. The van der Waals surface area contributed by atoms with Crippen molar-refractivity contribution in [2.45, 2.75) is 57.4 Å². The number of rotatable bonds is 14. The summed E-state index contributed by atoms with van der Waals surface area (Å²) in [5.41, 5.74) is 7.33. The molecule has 0 fully saturated rings. The van der Waals surface area contributed by atoms with Crippen molar-refractivity contribution in [2.24, 2.45) is 0 Å². The highest BCUT2D eigenvalue weighted by Crippen LogP contribution is 2.18. The van der Waals surface area contributed by atoms with Crippen LogP contribution in [0.5, 0.6) is 6.01 Å². The molecule has 2 radical (unpaired) electrons. The molecule has 2 aromatic heterocycles. The Morgan fingerprint density at radius 2 is 1.94 bits per heavy atom. The van der Waals surface area contributed by atoms with E-state index in [4.69, 9.17) is 10.5 Å². The van der Waals surface area contributed by atoms with Gasteiger partial charge in [0.2, 0.25) is 10.0 Å². The first-order chi connectivity index (χ1) is 16.4. The minimum atomic E-state index is -3.60. The van der Waals surface area contributed by atoms with Crippen LogP contribution in [0.15, 0.2) is 34.0 Å². The average molecular weight is 489 g/mol. The molecule has 0 aliphatic carbocycles. The normalized spacial score (nSPS) is 11.8. The highest BCUT2D eigenvalue weighted by molar-refractivity contribution is 7.89. The van der Waals surface area contributed by atoms with E-state index in [1.54, 1.807) is 24.3 Å². The first-order valence-electron chi connectivity index (χ1n) is 11.4. The number of aryl methyl sites for hydroxylation is 1. The van der Waals surface area contributed by atoms with Gasteiger partial charge in [0.1, 0.15) is 5.52 Å². The number of aromatic amines is 1. The van der Waals surface area contributed by atoms with Crippen molar-refractivity contribution in [3.63, 3.8) is 0 Å². The molecular weight excluding hydrogens is 456 g/mol. The van der Waals surface area contributed by atoms with Gasteiger partial charge in [0.15, 0.2) is 11.5 Å². The second-order valence-electron chi connectivity index (χ2n) is 7.90. The van der Waals surface area contributed by atoms with Gasteiger partial charge in [-0.2, -0.15) is 9.97 Å². The number of sulfonamides is 1. The van der Waals surface area contributed by atoms with Crippen LogP contribution in [0.4, 0.5) is 5.82 Å². The molecule has 184 valence electrons. The van der Waals surface area contributed by atoms with Gasteiger partial charge in [-0.15, -0.1) is 0 Å². The van der Waals surface area contributed by atoms with E-state index in [9.17, 15) is 13.2 Å². The monoisotopic (exact) mass is 488 g/mol. The van der Waals surface area contributed by atoms with Crippen molar-refractivity contribution in [2.75, 3.05) is 18.9 Å². The average Bonchev–Trinajstić information content (AvgIpc) is 3.13. The number of nitrogens with two attached hydrogens (primary N) is 1. The van der Waals surface area contributed by atoms with Crippen molar-refractivity contribution in [1.29, 1.82) is 0 Å². The molecule has 3 rings (SSSR count). The van der Waals surface area contributed by atoms with E-state index in [2.05, 4.69) is 19.7 Å². The topological polar surface area (TPSA) is 145 Å². The quantitative estimate of drug-likeness (QED) is 0.296. The van der Waals surface area contributed by atoms with Crippen LogP contribution in [-0.2, 0) is 16.6 Å². The fraction of sp³-hybridized carbons (Fsp3) is 0.435. The third-order valence-corrected chi connectivity index (χ3v) is 6.72. The number of imidazole rings is 1. The van der Waals surface area contributed by atoms with Gasteiger partial charge in [-0.1, -0.05) is 32.4 Å². The Morgan fingerprint density at radius 1 is 1.18 bits per heavy atom. The van der Waals surface area contributed by atoms with Crippen molar-refractivity contribution in [1.82, 2.24) is 24.2 Å². The number of nitrogens with zero attached hydrogens (tertiary/aromatic N) is 3. The molecule has 0 aliphatic heterocycles. The summed E-state index contributed by atoms with van der Waals surface area (Å²) in [4.78, 5) is 23.7. The molecule has 34 heavy (non-hydrogen) atoms. The van der Waals surface area contributed by atoms with E-state index in [1.165, 1.54) is 4.57 Å². The smallest absolute Gasteiger partial charge is 0.327 e. The summed E-state index contributed by atoms with van der Waals surface area (Å²) >= 11 is 0. The molecule has 11 heteroatoms. The lowest BCUT2D eigenvalue weighted by molar-refractivity contribution is 0.286. The first-order valence-corrected chi connectivity index (χ1v) is 12.9. The van der Waals surface area contributed by atoms with Gasteiger partial charge < -0.3 is 15.5 Å². The molecule has 0 saturated carbocycles. The van der Waals surface area contributed by atoms with E-state index in [0.29, 0.717) is 37.2 Å². The third-order valence-electron chi connectivity index (χ3n) is 5.24. The Kier molecular flexibility index (Phi) is 9.05. The molecule has 0 saturated heterocycles. The van der Waals surface area contributed by atoms with E-state index >= 15 is 0 Å². The Morgan fingerprint density at radius 3 is 2.65 bits per heavy atom. The van der Waals surface area contributed by atoms with Gasteiger partial charge in [0.05, 0.1) is 11.5 Å². The third kappa shape index (κ3) is 6.57. The second kappa shape index (κ2) is 12.0. The fourth-order valence-corrected chi connectivity index (χ4v) is 4.41. The van der Waals surface area contributed by atoms with E-state index in [0.717, 1.165) is 24.8 Å². The Balaban J connectivity index is 1.56. The van der Waals surface area contributed by atoms with E-state index < -0.39 is 10.0 Å². The van der Waals surface area contributed by atoms with Crippen molar-refractivity contribution in [3.8, 4) is 6.01 Å². The molecule has 4 N–H and O–H groups in total. The van der Waals surface area contributed by atoms with Crippen molar-refractivity contribution < 1.29 is 13.2 Å². The number of anilines is 1. The Labute approximate surface area is 200 Å². The number of aromatic nitrogens is 4. The van der Waals surface area contributed by atoms with Crippen LogP contribution >= 0.6 is 0 Å². The lowest BCUT2D eigenvalue weighted by Gasteiger charge is -2.08. The fourth-order valence-electron chi connectivity index (χ4n) is 3.33. The van der Waals surface area contributed by atoms with Crippen molar-refractivity contribution >= 4 is 27.0 Å². The zero-order valence-electron chi connectivity index (χ0n) is 19.6. The summed E-state index contributed by atoms with van der Waals surface area (Å²) in [7, 11) is -3.60. The number of H-pyrrole nitrogens is 1. The minimum Gasteiger partial charge on any atom is -0.463 e. The van der Waals surface area contributed by atoms with E-state index in [-0.39, 0.29) is 29.0 Å². The number of unbranched alkanes of at least 4 members (excludes halogenated alkanes) is 3. The highest BCUT2D eigenvalue weighted by atomic mass is 32.2. The Hall–Kier alpha value is -2.92. The summed E-state index contributed by atoms with van der Waals surface area (Å²) in [6.07, 6.45) is 7.81. The molecular formula is C23H32N6O4S. The zero-order chi connectivity index (χ0) is 24.6. The van der Waals surface area contributed by atoms with Crippen LogP contribution < -0.4 is 20.9 Å². The zero-order valence-corrected chi connectivity index (χ0v) is 20.4. The summed E-state index contributed by atoms with van der Waals surface area (Å²) in [5, 5.41) is 0. The predicted octanol–water partition coefficient (Wildman–Crippen LogP) is 2.81. The summed E-state index contributed by atoms with van der Waals surface area (Å²) in [6.45, 7) is 5.09. The van der Waals surface area contributed by atoms with E-state index in [1.807, 2.05) is 26.7 Å². The van der Waals surface area contributed by atoms with Gasteiger partial charge in [-0.3, -0.25) is 4.57 Å². The van der Waals surface area contributed by atoms with Crippen LogP contribution in [0.2, 0.25) is 0 Å². The first kappa shape index (κ1) is 25.7. The van der Waals surface area contributed by atoms with Gasteiger partial charge in [-0.25, -0.2) is 17.9 Å². The van der Waals surface area contributed by atoms with Crippen LogP contribution in [0, 0.1) is 12.8 Å². The van der Waals surface area contributed by atoms with Gasteiger partial charge in [-0.05, 0) is 56.2 Å². The molecule has 3 aromatic rings. The number of benzene rings is 1. The molecule has 1 aromatic carbocycles. The van der Waals surface area contributed by atoms with Gasteiger partial charge in [0.25, 0.3) is 0 Å². The summed E-state index contributed by atoms with van der Waals surface area (Å²) < 4.78 is 34.7. The molecule has 2 heterocycles. The van der Waals surface area contributed by atoms with Crippen molar-refractivity contribution in [3.05, 3.63) is 53.2 Å². The highest BCUT2D eigenvalue weighted by Gasteiger charge is 2.15. The molecule has 0 atom stereocenters. The molecule has 0 aliphatic rings. The number of fused-ring (bicyclic) bond motifs is 1. The van der Waals surface area contributed by atoms with Gasteiger partial charge in [0, 0.05) is 13.1 Å². The lowest BCUT2D eigenvalue weighted by atomic mass is 10.1. The number of hydrogen-bond acceptors (Lipinski definition) is 7. The second-order valence-corrected chi connectivity index (χ2v) is 9.66. The van der Waals surface area contributed by atoms with Crippen LogP contribution in [-0.4, -0.2) is 41.1 Å². The predicted molar refractivity (Wildman–Crippen MR) is 132 cm³/mol. The maximum atomic E-state index is 12.5. The largest absolute Gasteiger partial charge is 0.463 e. The number of ether oxygens (including phenoxy) is 1. The molecule has 0 amide bonds. The summed E-state index contributed by atoms with van der Waals surface area (Å²) in [5.74, 6) is 0.150. The maximum absolute atomic E-state index is 12.5.